The van der Waals surface area contributed by atoms with Crippen LogP contribution in [0.5, 0.6) is 0 Å². The highest BCUT2D eigenvalue weighted by atomic mass is 16.4. The summed E-state index contributed by atoms with van der Waals surface area (Å²) in [7, 11) is 0. The second-order valence-electron chi connectivity index (χ2n) is 6.70. The molecule has 0 aliphatic carbocycles. The Hall–Kier alpha value is -2.10. The molecular weight excluding hydrogens is 326 g/mol. The van der Waals surface area contributed by atoms with Crippen molar-refractivity contribution < 1.29 is 14.7 Å². The molecule has 0 heterocycles. The minimum Gasteiger partial charge on any atom is -0.478 e. The Bertz CT molecular complexity index is 552. The van der Waals surface area contributed by atoms with Crippen molar-refractivity contribution in [1.29, 1.82) is 0 Å². The van der Waals surface area contributed by atoms with Gasteiger partial charge in [-0.1, -0.05) is 95.0 Å². The van der Waals surface area contributed by atoms with Crippen LogP contribution in [0, 0.1) is 0 Å². The molecule has 0 aliphatic heterocycles. The minimum atomic E-state index is -1.09. The van der Waals surface area contributed by atoms with Crippen LogP contribution in [0.3, 0.4) is 0 Å². The van der Waals surface area contributed by atoms with Crippen LogP contribution in [0.25, 0.3) is 5.57 Å². The number of hydrogen-bond acceptors (Lipinski definition) is 2. The van der Waals surface area contributed by atoms with Crippen molar-refractivity contribution >= 4 is 17.4 Å². The number of carboxylic acid groups (broad SMARTS) is 1. The summed E-state index contributed by atoms with van der Waals surface area (Å²) >= 11 is 0. The fraction of sp³-hybridized carbons (Fsp3) is 0.545. The lowest BCUT2D eigenvalue weighted by atomic mass is 10.1. The van der Waals surface area contributed by atoms with E-state index in [4.69, 9.17) is 0 Å². The van der Waals surface area contributed by atoms with Gasteiger partial charge in [-0.3, -0.25) is 4.79 Å². The highest BCUT2D eigenvalue weighted by molar-refractivity contribution is 6.20. The van der Waals surface area contributed by atoms with Crippen molar-refractivity contribution in [3.8, 4) is 0 Å². The smallest absolute Gasteiger partial charge is 0.336 e. The molecule has 0 saturated heterocycles. The molecule has 0 saturated carbocycles. The van der Waals surface area contributed by atoms with Gasteiger partial charge in [-0.15, -0.1) is 0 Å². The van der Waals surface area contributed by atoms with Crippen LogP contribution in [0.2, 0.25) is 0 Å². The van der Waals surface area contributed by atoms with E-state index in [-0.39, 0.29) is 11.5 Å². The molecule has 0 spiro atoms. The number of nitrogens with one attached hydrogen (secondary N) is 1. The molecule has 4 heteroatoms. The van der Waals surface area contributed by atoms with E-state index in [1.165, 1.54) is 57.4 Å². The van der Waals surface area contributed by atoms with E-state index < -0.39 is 5.97 Å². The highest BCUT2D eigenvalue weighted by Crippen LogP contribution is 2.14. The number of hydrogen-bond donors (Lipinski definition) is 2. The molecule has 144 valence electrons. The SMILES string of the molecule is CCCCCCCCCCCCNC(=O)/C=C(\C(=O)O)c1ccccc1. The second-order valence-corrected chi connectivity index (χ2v) is 6.70. The number of aliphatic carboxylic acids is 1. The standard InChI is InChI=1S/C22H33NO3/c1-2-3-4-5-6-7-8-9-10-14-17-23-21(24)18-20(22(25)26)19-15-12-11-13-16-19/h11-13,15-16,18H,2-10,14,17H2,1H3,(H,23,24)(H,25,26)/b20-18-. The Morgan fingerprint density at radius 1 is 0.885 bits per heavy atom. The number of amides is 1. The monoisotopic (exact) mass is 359 g/mol. The van der Waals surface area contributed by atoms with Gasteiger partial charge < -0.3 is 10.4 Å². The first-order chi connectivity index (χ1) is 12.6. The molecule has 0 radical (unpaired) electrons. The number of rotatable bonds is 14. The zero-order valence-corrected chi connectivity index (χ0v) is 16.0. The topological polar surface area (TPSA) is 66.4 Å². The molecule has 0 aliphatic rings. The van der Waals surface area contributed by atoms with E-state index in [0.29, 0.717) is 12.1 Å². The van der Waals surface area contributed by atoms with Crippen LogP contribution in [-0.2, 0) is 9.59 Å². The Kier molecular flexibility index (Phi) is 11.9. The molecule has 0 atom stereocenters. The number of benzene rings is 1. The zero-order valence-electron chi connectivity index (χ0n) is 16.0. The van der Waals surface area contributed by atoms with Crippen molar-refractivity contribution in [2.24, 2.45) is 0 Å². The average molecular weight is 360 g/mol. The molecule has 0 bridgehead atoms. The van der Waals surface area contributed by atoms with Gasteiger partial charge in [-0.25, -0.2) is 4.79 Å². The summed E-state index contributed by atoms with van der Waals surface area (Å²) in [6.45, 7) is 2.83. The normalized spacial score (nSPS) is 11.3. The summed E-state index contributed by atoms with van der Waals surface area (Å²) in [6, 6.07) is 8.71. The Morgan fingerprint density at radius 2 is 1.42 bits per heavy atom. The van der Waals surface area contributed by atoms with Gasteiger partial charge >= 0.3 is 5.97 Å². The summed E-state index contributed by atoms with van der Waals surface area (Å²) in [5.74, 6) is -1.44. The van der Waals surface area contributed by atoms with E-state index in [0.717, 1.165) is 12.8 Å². The van der Waals surface area contributed by atoms with Gasteiger partial charge in [0.25, 0.3) is 0 Å². The Morgan fingerprint density at radius 3 is 1.96 bits per heavy atom. The first kappa shape index (κ1) is 21.9. The maximum Gasteiger partial charge on any atom is 0.336 e. The summed E-state index contributed by atoms with van der Waals surface area (Å²) in [5, 5.41) is 12.1. The summed E-state index contributed by atoms with van der Waals surface area (Å²) in [4.78, 5) is 23.3. The van der Waals surface area contributed by atoms with Crippen LogP contribution in [0.1, 0.15) is 76.7 Å². The maximum absolute atomic E-state index is 11.9. The molecule has 0 aromatic heterocycles. The second kappa shape index (κ2) is 14.1. The number of carbonyl (C=O) groups excluding carboxylic acids is 1. The molecule has 0 fully saturated rings. The molecule has 1 amide bonds. The number of unbranched alkanes of at least 4 members (excludes halogenated alkanes) is 9. The van der Waals surface area contributed by atoms with Gasteiger partial charge in [-0.05, 0) is 12.0 Å². The quantitative estimate of drug-likeness (QED) is 0.355. The zero-order chi connectivity index (χ0) is 19.0. The number of carboxylic acids is 1. The van der Waals surface area contributed by atoms with E-state index in [2.05, 4.69) is 12.2 Å². The van der Waals surface area contributed by atoms with Crippen molar-refractivity contribution in [3.63, 3.8) is 0 Å². The van der Waals surface area contributed by atoms with Gasteiger partial charge in [0.1, 0.15) is 0 Å². The van der Waals surface area contributed by atoms with E-state index in [9.17, 15) is 14.7 Å². The summed E-state index contributed by atoms with van der Waals surface area (Å²) < 4.78 is 0. The molecule has 1 aromatic rings. The van der Waals surface area contributed by atoms with Gasteiger partial charge in [-0.2, -0.15) is 0 Å². The predicted molar refractivity (Wildman–Crippen MR) is 107 cm³/mol. The molecule has 2 N–H and O–H groups in total. The van der Waals surface area contributed by atoms with Gasteiger partial charge in [0, 0.05) is 12.6 Å². The largest absolute Gasteiger partial charge is 0.478 e. The molecule has 1 aromatic carbocycles. The Labute approximate surface area is 157 Å². The van der Waals surface area contributed by atoms with Crippen LogP contribution in [0.15, 0.2) is 36.4 Å². The van der Waals surface area contributed by atoms with Crippen molar-refractivity contribution in [3.05, 3.63) is 42.0 Å². The van der Waals surface area contributed by atoms with Gasteiger partial charge in [0.2, 0.25) is 5.91 Å². The first-order valence-corrected chi connectivity index (χ1v) is 9.93. The van der Waals surface area contributed by atoms with E-state index in [1.54, 1.807) is 24.3 Å². The molecular formula is C22H33NO3. The molecule has 4 nitrogen and oxygen atoms in total. The predicted octanol–water partition coefficient (Wildman–Crippen LogP) is 5.19. The van der Waals surface area contributed by atoms with Gasteiger partial charge in [0.15, 0.2) is 0 Å². The summed E-state index contributed by atoms with van der Waals surface area (Å²) in [5.41, 5.74) is 0.556. The van der Waals surface area contributed by atoms with E-state index in [1.807, 2.05) is 6.07 Å². The fourth-order valence-corrected chi connectivity index (χ4v) is 2.89. The third kappa shape index (κ3) is 10.0. The van der Waals surface area contributed by atoms with Crippen molar-refractivity contribution in [2.45, 2.75) is 71.1 Å². The van der Waals surface area contributed by atoms with Crippen molar-refractivity contribution in [1.82, 2.24) is 5.32 Å². The number of carbonyl (C=O) groups is 2. The fourth-order valence-electron chi connectivity index (χ4n) is 2.89. The highest BCUT2D eigenvalue weighted by Gasteiger charge is 2.11. The third-order valence-electron chi connectivity index (χ3n) is 4.42. The maximum atomic E-state index is 11.9. The van der Waals surface area contributed by atoms with Crippen molar-refractivity contribution in [2.75, 3.05) is 6.54 Å². The lowest BCUT2D eigenvalue weighted by Crippen LogP contribution is -2.23. The lowest BCUT2D eigenvalue weighted by Gasteiger charge is -2.05. The average Bonchev–Trinajstić information content (AvgIpc) is 2.64. The minimum absolute atomic E-state index is 0.0196. The van der Waals surface area contributed by atoms with Crippen LogP contribution >= 0.6 is 0 Å². The molecule has 0 unspecified atom stereocenters. The van der Waals surface area contributed by atoms with Crippen LogP contribution in [0.4, 0.5) is 0 Å². The van der Waals surface area contributed by atoms with E-state index >= 15 is 0 Å². The van der Waals surface area contributed by atoms with Crippen LogP contribution < -0.4 is 5.32 Å². The third-order valence-corrected chi connectivity index (χ3v) is 4.42. The van der Waals surface area contributed by atoms with Crippen LogP contribution in [-0.4, -0.2) is 23.5 Å². The Balaban J connectivity index is 2.17. The van der Waals surface area contributed by atoms with Gasteiger partial charge in [0.05, 0.1) is 5.57 Å². The molecule has 1 rings (SSSR count). The summed E-state index contributed by atoms with van der Waals surface area (Å²) in [6.07, 6.45) is 13.7. The lowest BCUT2D eigenvalue weighted by molar-refractivity contribution is -0.130. The first-order valence-electron chi connectivity index (χ1n) is 9.93. The molecule has 26 heavy (non-hydrogen) atoms.